The van der Waals surface area contributed by atoms with Crippen LogP contribution in [0, 0.1) is 11.8 Å². The Morgan fingerprint density at radius 1 is 0.920 bits per heavy atom. The fourth-order valence-electron chi connectivity index (χ4n) is 3.12. The maximum absolute atomic E-state index is 12.4. The van der Waals surface area contributed by atoms with Crippen molar-refractivity contribution in [2.75, 3.05) is 0 Å². The molecule has 0 N–H and O–H groups in total. The summed E-state index contributed by atoms with van der Waals surface area (Å²) in [4.78, 5) is 13.6. The molecule has 4 heteroatoms. The minimum Gasteiger partial charge on any atom is -0.456 e. The molecule has 0 amide bonds. The Morgan fingerprint density at radius 3 is 2.16 bits per heavy atom. The van der Waals surface area contributed by atoms with Crippen molar-refractivity contribution in [3.63, 3.8) is 0 Å². The number of ether oxygens (including phenoxy) is 2. The third kappa shape index (κ3) is 4.25. The molecule has 1 aliphatic heterocycles. The molecule has 5 unspecified atom stereocenters. The van der Waals surface area contributed by atoms with E-state index in [0.717, 1.165) is 0 Å². The average Bonchev–Trinajstić information content (AvgIpc) is 2.64. The van der Waals surface area contributed by atoms with Gasteiger partial charge in [0.05, 0.1) is 11.7 Å². The summed E-state index contributed by atoms with van der Waals surface area (Å²) in [5, 5.41) is 0. The SMILES string of the molecule is CC1OC(Sc2ccccc2)C(C)C(C)C1OC(=O)c1ccccc1. The van der Waals surface area contributed by atoms with Crippen LogP contribution in [0.5, 0.6) is 0 Å². The smallest absolute Gasteiger partial charge is 0.338 e. The van der Waals surface area contributed by atoms with Crippen molar-refractivity contribution >= 4 is 17.7 Å². The molecule has 132 valence electrons. The van der Waals surface area contributed by atoms with Gasteiger partial charge < -0.3 is 9.47 Å². The van der Waals surface area contributed by atoms with Crippen LogP contribution in [0.1, 0.15) is 31.1 Å². The summed E-state index contributed by atoms with van der Waals surface area (Å²) < 4.78 is 12.0. The quantitative estimate of drug-likeness (QED) is 0.721. The van der Waals surface area contributed by atoms with Crippen molar-refractivity contribution in [1.82, 2.24) is 0 Å². The highest BCUT2D eigenvalue weighted by molar-refractivity contribution is 7.99. The van der Waals surface area contributed by atoms with E-state index in [0.29, 0.717) is 5.56 Å². The maximum Gasteiger partial charge on any atom is 0.338 e. The van der Waals surface area contributed by atoms with Gasteiger partial charge in [-0.15, -0.1) is 0 Å². The molecule has 0 radical (unpaired) electrons. The van der Waals surface area contributed by atoms with E-state index in [9.17, 15) is 4.79 Å². The third-order valence-electron chi connectivity index (χ3n) is 4.84. The van der Waals surface area contributed by atoms with Gasteiger partial charge in [0.25, 0.3) is 0 Å². The van der Waals surface area contributed by atoms with Crippen molar-refractivity contribution in [1.29, 1.82) is 0 Å². The number of carbonyl (C=O) groups is 1. The normalized spacial score (nSPS) is 29.2. The first-order valence-electron chi connectivity index (χ1n) is 8.69. The predicted octanol–water partition coefficient (Wildman–Crippen LogP) is 5.02. The Balaban J connectivity index is 1.67. The van der Waals surface area contributed by atoms with Gasteiger partial charge in [0.1, 0.15) is 11.5 Å². The summed E-state index contributed by atoms with van der Waals surface area (Å²) in [7, 11) is 0. The Labute approximate surface area is 153 Å². The topological polar surface area (TPSA) is 35.5 Å². The van der Waals surface area contributed by atoms with E-state index in [2.05, 4.69) is 26.0 Å². The lowest BCUT2D eigenvalue weighted by Gasteiger charge is -2.42. The lowest BCUT2D eigenvalue weighted by atomic mass is 9.86. The Bertz CT molecular complexity index is 689. The van der Waals surface area contributed by atoms with Crippen molar-refractivity contribution in [2.24, 2.45) is 11.8 Å². The molecule has 1 fully saturated rings. The summed E-state index contributed by atoms with van der Waals surface area (Å²) in [6.07, 6.45) is -0.379. The second-order valence-electron chi connectivity index (χ2n) is 6.59. The van der Waals surface area contributed by atoms with Crippen LogP contribution in [-0.4, -0.2) is 23.6 Å². The highest BCUT2D eigenvalue weighted by Gasteiger charge is 2.42. The Hall–Kier alpha value is -1.78. The third-order valence-corrected chi connectivity index (χ3v) is 6.15. The predicted molar refractivity (Wildman–Crippen MR) is 101 cm³/mol. The molecule has 0 aromatic heterocycles. The number of rotatable bonds is 4. The zero-order chi connectivity index (χ0) is 17.8. The summed E-state index contributed by atoms with van der Waals surface area (Å²) in [5.74, 6) is 0.210. The highest BCUT2D eigenvalue weighted by Crippen LogP contribution is 2.40. The minimum atomic E-state index is -0.283. The van der Waals surface area contributed by atoms with Crippen molar-refractivity contribution in [3.8, 4) is 0 Å². The monoisotopic (exact) mass is 356 g/mol. The van der Waals surface area contributed by atoms with E-state index in [1.54, 1.807) is 23.9 Å². The average molecular weight is 356 g/mol. The molecule has 0 saturated carbocycles. The van der Waals surface area contributed by atoms with Crippen molar-refractivity contribution < 1.29 is 14.3 Å². The van der Waals surface area contributed by atoms with E-state index >= 15 is 0 Å². The largest absolute Gasteiger partial charge is 0.456 e. The van der Waals surface area contributed by atoms with E-state index < -0.39 is 0 Å². The van der Waals surface area contributed by atoms with Crippen LogP contribution in [-0.2, 0) is 9.47 Å². The Kier molecular flexibility index (Phi) is 5.82. The fourth-order valence-corrected chi connectivity index (χ4v) is 4.40. The van der Waals surface area contributed by atoms with Crippen LogP contribution in [0.15, 0.2) is 65.6 Å². The number of esters is 1. The molecule has 2 aromatic rings. The van der Waals surface area contributed by atoms with Gasteiger partial charge in [0.15, 0.2) is 0 Å². The number of carbonyl (C=O) groups excluding carboxylic acids is 1. The summed E-state index contributed by atoms with van der Waals surface area (Å²) in [6.45, 7) is 6.30. The standard InChI is InChI=1S/C21H24O3S/c1-14-15(2)21(25-18-12-8-5-9-13-18)23-16(3)19(14)24-20(22)17-10-6-4-7-11-17/h4-16,19,21H,1-3H3. The number of benzene rings is 2. The first-order valence-corrected chi connectivity index (χ1v) is 9.57. The summed E-state index contributed by atoms with van der Waals surface area (Å²) >= 11 is 1.73. The van der Waals surface area contributed by atoms with Gasteiger partial charge in [-0.05, 0) is 37.1 Å². The second kappa shape index (κ2) is 8.07. The lowest BCUT2D eigenvalue weighted by molar-refractivity contribution is -0.134. The maximum atomic E-state index is 12.4. The zero-order valence-electron chi connectivity index (χ0n) is 14.8. The van der Waals surface area contributed by atoms with Gasteiger partial charge in [-0.2, -0.15) is 0 Å². The molecule has 0 aliphatic carbocycles. The number of hydrogen-bond donors (Lipinski definition) is 0. The van der Waals surface area contributed by atoms with Crippen molar-refractivity contribution in [3.05, 3.63) is 66.2 Å². The second-order valence-corrected chi connectivity index (χ2v) is 7.77. The zero-order valence-corrected chi connectivity index (χ0v) is 15.6. The molecule has 3 nitrogen and oxygen atoms in total. The molecule has 1 saturated heterocycles. The van der Waals surface area contributed by atoms with E-state index in [1.807, 2.05) is 43.3 Å². The molecule has 2 aromatic carbocycles. The molecular formula is C21H24O3S. The van der Waals surface area contributed by atoms with Crippen LogP contribution < -0.4 is 0 Å². The molecular weight excluding hydrogens is 332 g/mol. The van der Waals surface area contributed by atoms with Crippen LogP contribution >= 0.6 is 11.8 Å². The summed E-state index contributed by atoms with van der Waals surface area (Å²) in [6, 6.07) is 19.4. The highest BCUT2D eigenvalue weighted by atomic mass is 32.2. The van der Waals surface area contributed by atoms with E-state index in [-0.39, 0.29) is 35.4 Å². The van der Waals surface area contributed by atoms with Gasteiger partial charge >= 0.3 is 5.97 Å². The fraction of sp³-hybridized carbons (Fsp3) is 0.381. The van der Waals surface area contributed by atoms with Gasteiger partial charge in [0.2, 0.25) is 0 Å². The van der Waals surface area contributed by atoms with Crippen LogP contribution in [0.25, 0.3) is 0 Å². The first kappa shape index (κ1) is 18.0. The lowest BCUT2D eigenvalue weighted by Crippen LogP contribution is -2.48. The molecule has 5 atom stereocenters. The van der Waals surface area contributed by atoms with Gasteiger partial charge in [-0.1, -0.05) is 62.0 Å². The summed E-state index contributed by atoms with van der Waals surface area (Å²) in [5.41, 5.74) is 0.634. The molecule has 0 spiro atoms. The van der Waals surface area contributed by atoms with Gasteiger partial charge in [-0.3, -0.25) is 0 Å². The van der Waals surface area contributed by atoms with Crippen LogP contribution in [0.4, 0.5) is 0 Å². The van der Waals surface area contributed by atoms with Gasteiger partial charge in [0, 0.05) is 10.8 Å². The molecule has 1 aliphatic rings. The first-order chi connectivity index (χ1) is 12.1. The van der Waals surface area contributed by atoms with Crippen LogP contribution in [0.3, 0.4) is 0 Å². The minimum absolute atomic E-state index is 0.0547. The van der Waals surface area contributed by atoms with E-state index in [4.69, 9.17) is 9.47 Å². The molecule has 25 heavy (non-hydrogen) atoms. The Morgan fingerprint density at radius 2 is 1.52 bits per heavy atom. The molecule has 1 heterocycles. The number of hydrogen-bond acceptors (Lipinski definition) is 4. The van der Waals surface area contributed by atoms with E-state index in [1.165, 1.54) is 4.90 Å². The molecule has 0 bridgehead atoms. The number of thioether (sulfide) groups is 1. The van der Waals surface area contributed by atoms with Crippen LogP contribution in [0.2, 0.25) is 0 Å². The molecule has 3 rings (SSSR count). The van der Waals surface area contributed by atoms with Crippen molar-refractivity contribution in [2.45, 2.75) is 43.3 Å². The van der Waals surface area contributed by atoms with Gasteiger partial charge in [-0.25, -0.2) is 4.79 Å².